The van der Waals surface area contributed by atoms with Gasteiger partial charge >= 0.3 is 0 Å². The van der Waals surface area contributed by atoms with Crippen LogP contribution < -0.4 is 20.1 Å². The molecule has 152 valence electrons. The van der Waals surface area contributed by atoms with Crippen molar-refractivity contribution in [2.45, 2.75) is 12.5 Å². The van der Waals surface area contributed by atoms with Crippen molar-refractivity contribution in [3.63, 3.8) is 0 Å². The minimum Gasteiger partial charge on any atom is -0.493 e. The SMILES string of the molecule is COc1ccc(CCNC(=O)CN[C@H](c2ccccc2)c2ccco2)cc1OC. The molecule has 1 aromatic heterocycles. The van der Waals surface area contributed by atoms with Gasteiger partial charge in [-0.15, -0.1) is 0 Å². The summed E-state index contributed by atoms with van der Waals surface area (Å²) in [5.41, 5.74) is 2.11. The molecule has 3 rings (SSSR count). The molecule has 2 N–H and O–H groups in total. The van der Waals surface area contributed by atoms with E-state index < -0.39 is 0 Å². The zero-order chi connectivity index (χ0) is 20.5. The molecular formula is C23H26N2O4. The summed E-state index contributed by atoms with van der Waals surface area (Å²) < 4.78 is 16.1. The molecule has 0 aliphatic carbocycles. The maximum atomic E-state index is 12.3. The summed E-state index contributed by atoms with van der Waals surface area (Å²) in [5, 5.41) is 6.22. The number of hydrogen-bond donors (Lipinski definition) is 2. The normalized spacial score (nSPS) is 11.7. The Morgan fingerprint density at radius 1 is 1.00 bits per heavy atom. The van der Waals surface area contributed by atoms with Gasteiger partial charge in [-0.2, -0.15) is 0 Å². The lowest BCUT2D eigenvalue weighted by Crippen LogP contribution is -2.36. The van der Waals surface area contributed by atoms with Crippen LogP contribution in [0, 0.1) is 0 Å². The lowest BCUT2D eigenvalue weighted by Gasteiger charge is -2.17. The standard InChI is InChI=1S/C23H26N2O4/c1-27-19-11-10-17(15-21(19)28-2)12-13-24-22(26)16-25-23(20-9-6-14-29-20)18-7-4-3-5-8-18/h3-11,14-15,23,25H,12-13,16H2,1-2H3,(H,24,26)/t23-/m1/s1. The molecule has 6 heteroatoms. The summed E-state index contributed by atoms with van der Waals surface area (Å²) in [4.78, 5) is 12.3. The second-order valence-corrected chi connectivity index (χ2v) is 6.53. The fraction of sp³-hybridized carbons (Fsp3) is 0.261. The monoisotopic (exact) mass is 394 g/mol. The summed E-state index contributed by atoms with van der Waals surface area (Å²) >= 11 is 0. The molecule has 0 radical (unpaired) electrons. The maximum Gasteiger partial charge on any atom is 0.233 e. The van der Waals surface area contributed by atoms with Crippen molar-refractivity contribution in [2.24, 2.45) is 0 Å². The Bertz CT molecular complexity index is 895. The van der Waals surface area contributed by atoms with Crippen molar-refractivity contribution in [3.8, 4) is 11.5 Å². The molecule has 1 atom stereocenters. The number of carbonyl (C=O) groups excluding carboxylic acids is 1. The van der Waals surface area contributed by atoms with Crippen molar-refractivity contribution in [1.29, 1.82) is 0 Å². The molecule has 2 aromatic carbocycles. The summed E-state index contributed by atoms with van der Waals surface area (Å²) in [6, 6.07) is 19.2. The van der Waals surface area contributed by atoms with Crippen LogP contribution in [0.25, 0.3) is 0 Å². The summed E-state index contributed by atoms with van der Waals surface area (Å²) in [5.74, 6) is 2.07. The van der Waals surface area contributed by atoms with E-state index in [4.69, 9.17) is 13.9 Å². The molecule has 1 amide bonds. The fourth-order valence-corrected chi connectivity index (χ4v) is 3.12. The van der Waals surface area contributed by atoms with Crippen molar-refractivity contribution in [3.05, 3.63) is 83.8 Å². The van der Waals surface area contributed by atoms with Crippen LogP contribution in [-0.2, 0) is 11.2 Å². The Morgan fingerprint density at radius 2 is 1.79 bits per heavy atom. The predicted molar refractivity (Wildman–Crippen MR) is 111 cm³/mol. The molecule has 3 aromatic rings. The highest BCUT2D eigenvalue weighted by Gasteiger charge is 2.17. The van der Waals surface area contributed by atoms with Crippen molar-refractivity contribution in [2.75, 3.05) is 27.3 Å². The van der Waals surface area contributed by atoms with Crippen LogP contribution in [0.3, 0.4) is 0 Å². The average molecular weight is 394 g/mol. The highest BCUT2D eigenvalue weighted by molar-refractivity contribution is 5.78. The first kappa shape index (κ1) is 20.5. The van der Waals surface area contributed by atoms with Gasteiger partial charge in [0.15, 0.2) is 11.5 Å². The van der Waals surface area contributed by atoms with Crippen LogP contribution in [-0.4, -0.2) is 33.2 Å². The number of furan rings is 1. The van der Waals surface area contributed by atoms with Crippen LogP contribution in [0.2, 0.25) is 0 Å². The lowest BCUT2D eigenvalue weighted by atomic mass is 10.0. The Balaban J connectivity index is 1.51. The molecule has 0 aliphatic rings. The van der Waals surface area contributed by atoms with Gasteiger partial charge in [0.1, 0.15) is 5.76 Å². The van der Waals surface area contributed by atoms with Crippen LogP contribution in [0.5, 0.6) is 11.5 Å². The van der Waals surface area contributed by atoms with Crippen molar-refractivity contribution in [1.82, 2.24) is 10.6 Å². The van der Waals surface area contributed by atoms with Gasteiger partial charge < -0.3 is 19.2 Å². The Morgan fingerprint density at radius 3 is 2.48 bits per heavy atom. The molecule has 0 fully saturated rings. The number of nitrogens with one attached hydrogen (secondary N) is 2. The first-order chi connectivity index (χ1) is 14.2. The molecule has 0 bridgehead atoms. The second kappa shape index (κ2) is 10.3. The first-order valence-electron chi connectivity index (χ1n) is 9.50. The van der Waals surface area contributed by atoms with E-state index in [2.05, 4.69) is 10.6 Å². The van der Waals surface area contributed by atoms with Gasteiger partial charge in [0.25, 0.3) is 0 Å². The number of hydrogen-bond acceptors (Lipinski definition) is 5. The third kappa shape index (κ3) is 5.62. The number of carbonyl (C=O) groups is 1. The van der Waals surface area contributed by atoms with E-state index in [0.717, 1.165) is 16.9 Å². The van der Waals surface area contributed by atoms with Crippen LogP contribution in [0.4, 0.5) is 0 Å². The van der Waals surface area contributed by atoms with Crippen LogP contribution >= 0.6 is 0 Å². The summed E-state index contributed by atoms with van der Waals surface area (Å²) in [6.45, 7) is 0.721. The number of ether oxygens (including phenoxy) is 2. The molecule has 6 nitrogen and oxygen atoms in total. The minimum atomic E-state index is -0.178. The van der Waals surface area contributed by atoms with Gasteiger partial charge in [0.2, 0.25) is 5.91 Å². The quantitative estimate of drug-likeness (QED) is 0.552. The first-order valence-corrected chi connectivity index (χ1v) is 9.50. The van der Waals surface area contributed by atoms with Gasteiger partial charge in [0, 0.05) is 6.54 Å². The lowest BCUT2D eigenvalue weighted by molar-refractivity contribution is -0.120. The van der Waals surface area contributed by atoms with Crippen molar-refractivity contribution >= 4 is 5.91 Å². The zero-order valence-corrected chi connectivity index (χ0v) is 16.7. The topological polar surface area (TPSA) is 72.7 Å². The minimum absolute atomic E-state index is 0.0713. The summed E-state index contributed by atoms with van der Waals surface area (Å²) in [7, 11) is 3.22. The summed E-state index contributed by atoms with van der Waals surface area (Å²) in [6.07, 6.45) is 2.34. The van der Waals surface area contributed by atoms with Gasteiger partial charge in [-0.05, 0) is 41.8 Å². The van der Waals surface area contributed by atoms with Gasteiger partial charge in [-0.1, -0.05) is 36.4 Å². The molecule has 0 aliphatic heterocycles. The Hall–Kier alpha value is -3.25. The van der Waals surface area contributed by atoms with E-state index in [-0.39, 0.29) is 18.5 Å². The van der Waals surface area contributed by atoms with Gasteiger partial charge in [0.05, 0.1) is 33.1 Å². The van der Waals surface area contributed by atoms with Crippen LogP contribution in [0.15, 0.2) is 71.3 Å². The average Bonchev–Trinajstić information content (AvgIpc) is 3.29. The predicted octanol–water partition coefficient (Wildman–Crippen LogP) is 3.33. The molecule has 29 heavy (non-hydrogen) atoms. The van der Waals surface area contributed by atoms with E-state index in [1.165, 1.54) is 0 Å². The second-order valence-electron chi connectivity index (χ2n) is 6.53. The molecular weight excluding hydrogens is 368 g/mol. The number of rotatable bonds is 10. The fourth-order valence-electron chi connectivity index (χ4n) is 3.12. The molecule has 0 spiro atoms. The third-order valence-corrected chi connectivity index (χ3v) is 4.61. The number of benzene rings is 2. The molecule has 0 saturated heterocycles. The highest BCUT2D eigenvalue weighted by Crippen LogP contribution is 2.27. The zero-order valence-electron chi connectivity index (χ0n) is 16.7. The van der Waals surface area contributed by atoms with E-state index in [0.29, 0.717) is 24.5 Å². The Kier molecular flexibility index (Phi) is 7.30. The molecule has 1 heterocycles. The highest BCUT2D eigenvalue weighted by atomic mass is 16.5. The van der Waals surface area contributed by atoms with Crippen LogP contribution in [0.1, 0.15) is 22.9 Å². The Labute approximate surface area is 170 Å². The number of amides is 1. The van der Waals surface area contributed by atoms with Crippen molar-refractivity contribution < 1.29 is 18.7 Å². The van der Waals surface area contributed by atoms with E-state index in [1.807, 2.05) is 60.7 Å². The molecule has 0 saturated carbocycles. The van der Waals surface area contributed by atoms with Gasteiger partial charge in [-0.25, -0.2) is 0 Å². The van der Waals surface area contributed by atoms with E-state index >= 15 is 0 Å². The largest absolute Gasteiger partial charge is 0.493 e. The third-order valence-electron chi connectivity index (χ3n) is 4.61. The van der Waals surface area contributed by atoms with Gasteiger partial charge in [-0.3, -0.25) is 10.1 Å². The van der Waals surface area contributed by atoms with E-state index in [9.17, 15) is 4.79 Å². The smallest absolute Gasteiger partial charge is 0.233 e. The maximum absolute atomic E-state index is 12.3. The number of methoxy groups -OCH3 is 2. The van der Waals surface area contributed by atoms with E-state index in [1.54, 1.807) is 20.5 Å². The molecule has 0 unspecified atom stereocenters.